The van der Waals surface area contributed by atoms with Crippen molar-refractivity contribution in [3.8, 4) is 0 Å². The van der Waals surface area contributed by atoms with Crippen molar-refractivity contribution in [1.29, 1.82) is 0 Å². The Morgan fingerprint density at radius 2 is 1.88 bits per heavy atom. The van der Waals surface area contributed by atoms with E-state index in [1.807, 2.05) is 0 Å². The molecule has 0 aliphatic heterocycles. The van der Waals surface area contributed by atoms with Crippen LogP contribution in [-0.4, -0.2) is 36.0 Å². The van der Waals surface area contributed by atoms with Gasteiger partial charge in [-0.3, -0.25) is 0 Å². The van der Waals surface area contributed by atoms with Gasteiger partial charge in [0.2, 0.25) is 5.13 Å². The molecule has 4 nitrogen and oxygen atoms in total. The van der Waals surface area contributed by atoms with E-state index in [0.29, 0.717) is 5.13 Å². The first-order valence-corrected chi connectivity index (χ1v) is 5.10. The van der Waals surface area contributed by atoms with Crippen molar-refractivity contribution in [2.75, 3.05) is 19.0 Å². The summed E-state index contributed by atoms with van der Waals surface area (Å²) in [5.74, 6) is -4.86. The Morgan fingerprint density at radius 3 is 2.35 bits per heavy atom. The van der Waals surface area contributed by atoms with Gasteiger partial charge in [0, 0.05) is 7.05 Å². The van der Waals surface area contributed by atoms with Crippen molar-refractivity contribution in [2.24, 2.45) is 0 Å². The largest absolute Gasteiger partial charge is 0.455 e. The number of hydrogen-bond donors (Lipinski definition) is 1. The van der Waals surface area contributed by atoms with Gasteiger partial charge in [0.05, 0.1) is 0 Å². The lowest BCUT2D eigenvalue weighted by Gasteiger charge is -2.18. The van der Waals surface area contributed by atoms with Crippen molar-refractivity contribution in [3.05, 3.63) is 5.01 Å². The number of ether oxygens (including phenoxy) is 1. The third-order valence-corrected chi connectivity index (χ3v) is 2.52. The van der Waals surface area contributed by atoms with Gasteiger partial charge in [0.15, 0.2) is 0 Å². The molecule has 0 radical (unpaired) electrons. The van der Waals surface area contributed by atoms with Gasteiger partial charge in [0.1, 0.15) is 18.2 Å². The van der Waals surface area contributed by atoms with Crippen molar-refractivity contribution in [2.45, 2.75) is 18.7 Å². The minimum atomic E-state index is -5.61. The average molecular weight is 277 g/mol. The van der Waals surface area contributed by atoms with Crippen molar-refractivity contribution < 1.29 is 26.7 Å². The smallest absolute Gasteiger partial charge is 0.368 e. The van der Waals surface area contributed by atoms with E-state index in [9.17, 15) is 22.0 Å². The van der Waals surface area contributed by atoms with E-state index in [-0.39, 0.29) is 5.01 Å². The second kappa shape index (κ2) is 5.08. The van der Waals surface area contributed by atoms with Gasteiger partial charge >= 0.3 is 12.1 Å². The van der Waals surface area contributed by atoms with Gasteiger partial charge in [-0.1, -0.05) is 11.3 Å². The van der Waals surface area contributed by atoms with Crippen LogP contribution in [0.5, 0.6) is 0 Å². The molecule has 0 saturated carbocycles. The second-order valence-electron chi connectivity index (χ2n) is 2.95. The fraction of sp³-hybridized carbons (Fsp3) is 0.714. The predicted molar refractivity (Wildman–Crippen MR) is 50.1 cm³/mol. The molecule has 98 valence electrons. The van der Waals surface area contributed by atoms with Crippen LogP contribution in [0.4, 0.5) is 27.1 Å². The van der Waals surface area contributed by atoms with E-state index in [1.165, 1.54) is 0 Å². The summed E-state index contributed by atoms with van der Waals surface area (Å²) in [4.78, 5) is 0. The highest BCUT2D eigenvalue weighted by Gasteiger charge is 2.57. The van der Waals surface area contributed by atoms with Gasteiger partial charge < -0.3 is 10.1 Å². The molecule has 0 atom stereocenters. The average Bonchev–Trinajstić information content (AvgIpc) is 2.63. The summed E-state index contributed by atoms with van der Waals surface area (Å²) in [5.41, 5.74) is 0. The van der Waals surface area contributed by atoms with Crippen LogP contribution in [0.3, 0.4) is 0 Å². The summed E-state index contributed by atoms with van der Waals surface area (Å²) in [7, 11) is 1.57. The van der Waals surface area contributed by atoms with Crippen LogP contribution in [0.25, 0.3) is 0 Å². The zero-order chi connectivity index (χ0) is 13.1. The van der Waals surface area contributed by atoms with Gasteiger partial charge in [-0.15, -0.1) is 10.2 Å². The zero-order valence-corrected chi connectivity index (χ0v) is 9.33. The lowest BCUT2D eigenvalue weighted by Crippen LogP contribution is -2.40. The van der Waals surface area contributed by atoms with E-state index in [0.717, 1.165) is 11.3 Å². The van der Waals surface area contributed by atoms with E-state index in [2.05, 4.69) is 20.3 Å². The molecule has 0 spiro atoms. The predicted octanol–water partition coefficient (Wildman–Crippen LogP) is 2.29. The molecular formula is C7H8F5N3OS. The monoisotopic (exact) mass is 277 g/mol. The lowest BCUT2D eigenvalue weighted by molar-refractivity contribution is -0.297. The molecule has 17 heavy (non-hydrogen) atoms. The van der Waals surface area contributed by atoms with E-state index < -0.39 is 25.3 Å². The topological polar surface area (TPSA) is 47.0 Å². The number of rotatable bonds is 5. The molecule has 0 fully saturated rings. The lowest BCUT2D eigenvalue weighted by atomic mass is 10.3. The number of alkyl halides is 5. The quantitative estimate of drug-likeness (QED) is 0.839. The SMILES string of the molecule is CNc1nnc(COCC(F)(F)C(F)(F)F)s1. The third kappa shape index (κ3) is 3.73. The standard InChI is InChI=1S/C7H8F5N3OS/c1-13-5-15-14-4(17-5)2-16-3-6(8,9)7(10,11)12/h2-3H2,1H3,(H,13,15). The fourth-order valence-corrected chi connectivity index (χ4v) is 1.39. The molecule has 1 rings (SSSR count). The zero-order valence-electron chi connectivity index (χ0n) is 8.51. The highest BCUT2D eigenvalue weighted by molar-refractivity contribution is 7.15. The molecule has 1 N–H and O–H groups in total. The van der Waals surface area contributed by atoms with E-state index >= 15 is 0 Å². The number of nitrogens with zero attached hydrogens (tertiary/aromatic N) is 2. The van der Waals surface area contributed by atoms with Gasteiger partial charge in [-0.25, -0.2) is 0 Å². The maximum atomic E-state index is 12.4. The summed E-state index contributed by atoms with van der Waals surface area (Å²) in [6.45, 7) is -2.17. The van der Waals surface area contributed by atoms with Crippen LogP contribution in [0, 0.1) is 0 Å². The van der Waals surface area contributed by atoms with Crippen molar-refractivity contribution >= 4 is 16.5 Å². The molecule has 0 amide bonds. The fourth-order valence-electron chi connectivity index (χ4n) is 0.761. The normalized spacial score (nSPS) is 12.8. The molecule has 1 aromatic heterocycles. The van der Waals surface area contributed by atoms with Crippen LogP contribution in [0.1, 0.15) is 5.01 Å². The third-order valence-electron chi connectivity index (χ3n) is 1.60. The Labute approximate surface area is 96.8 Å². The number of hydrogen-bond acceptors (Lipinski definition) is 5. The molecule has 1 heterocycles. The Hall–Kier alpha value is -1.03. The Balaban J connectivity index is 2.42. The van der Waals surface area contributed by atoms with Crippen molar-refractivity contribution in [1.82, 2.24) is 10.2 Å². The van der Waals surface area contributed by atoms with Crippen LogP contribution in [-0.2, 0) is 11.3 Å². The highest BCUT2D eigenvalue weighted by Crippen LogP contribution is 2.35. The molecule has 0 aromatic carbocycles. The molecule has 1 aromatic rings. The second-order valence-corrected chi connectivity index (χ2v) is 4.01. The van der Waals surface area contributed by atoms with E-state index in [1.54, 1.807) is 7.05 Å². The Morgan fingerprint density at radius 1 is 1.24 bits per heavy atom. The molecule has 0 aliphatic rings. The maximum Gasteiger partial charge on any atom is 0.455 e. The number of nitrogens with one attached hydrogen (secondary N) is 1. The van der Waals surface area contributed by atoms with Gasteiger partial charge in [0.25, 0.3) is 0 Å². The molecule has 10 heteroatoms. The van der Waals surface area contributed by atoms with Crippen LogP contribution in [0.2, 0.25) is 0 Å². The first-order valence-electron chi connectivity index (χ1n) is 4.28. The molecule has 0 unspecified atom stereocenters. The van der Waals surface area contributed by atoms with E-state index in [4.69, 9.17) is 0 Å². The van der Waals surface area contributed by atoms with Crippen LogP contribution >= 0.6 is 11.3 Å². The summed E-state index contributed by atoms with van der Waals surface area (Å²) < 4.78 is 64.4. The van der Waals surface area contributed by atoms with Crippen LogP contribution in [0.15, 0.2) is 0 Å². The van der Waals surface area contributed by atoms with Gasteiger partial charge in [-0.2, -0.15) is 22.0 Å². The van der Waals surface area contributed by atoms with Crippen molar-refractivity contribution in [3.63, 3.8) is 0 Å². The molecule has 0 saturated heterocycles. The van der Waals surface area contributed by atoms with Crippen LogP contribution < -0.4 is 5.32 Å². The summed E-state index contributed by atoms with van der Waals surface area (Å²) >= 11 is 1.01. The Kier molecular flexibility index (Phi) is 4.20. The van der Waals surface area contributed by atoms with Gasteiger partial charge in [-0.05, 0) is 0 Å². The number of halogens is 5. The maximum absolute atomic E-state index is 12.4. The minimum Gasteiger partial charge on any atom is -0.368 e. The summed E-state index contributed by atoms with van der Waals surface area (Å²) in [6, 6.07) is 0. The molecule has 0 bridgehead atoms. The molecular weight excluding hydrogens is 269 g/mol. The number of anilines is 1. The summed E-state index contributed by atoms with van der Waals surface area (Å²) in [5, 5.41) is 10.4. The first kappa shape index (κ1) is 14.0. The number of aromatic nitrogens is 2. The summed E-state index contributed by atoms with van der Waals surface area (Å²) in [6.07, 6.45) is -5.61. The molecule has 0 aliphatic carbocycles. The minimum absolute atomic E-state index is 0.215. The Bertz CT molecular complexity index is 367. The highest BCUT2D eigenvalue weighted by atomic mass is 32.1. The first-order chi connectivity index (χ1) is 7.76.